The number of nitro benzene ring substituents is 1. The van der Waals surface area contributed by atoms with Gasteiger partial charge in [-0.2, -0.15) is 0 Å². The van der Waals surface area contributed by atoms with E-state index in [1.54, 1.807) is 0 Å². The van der Waals surface area contributed by atoms with E-state index in [0.29, 0.717) is 5.56 Å². The Morgan fingerprint density at radius 1 is 1.42 bits per heavy atom. The second kappa shape index (κ2) is 6.23. The quantitative estimate of drug-likeness (QED) is 0.311. The summed E-state index contributed by atoms with van der Waals surface area (Å²) in [6.07, 6.45) is 1.23. The molecule has 2 saturated heterocycles. The maximum Gasteiger partial charge on any atom is 0.331 e. The second-order valence-corrected chi connectivity index (χ2v) is 10.6. The van der Waals surface area contributed by atoms with Crippen LogP contribution in [0.5, 0.6) is 0 Å². The van der Waals surface area contributed by atoms with E-state index < -0.39 is 30.9 Å². The average molecular weight is 400 g/mol. The van der Waals surface area contributed by atoms with Crippen LogP contribution >= 0.6 is 11.8 Å². The largest absolute Gasteiger partial charge is 0.459 e. The fraction of sp³-hybridized carbons (Fsp3) is 0.467. The maximum absolute atomic E-state index is 12.6. The first-order valence-electron chi connectivity index (χ1n) is 7.63. The molecule has 2 aliphatic rings. The lowest BCUT2D eigenvalue weighted by Crippen LogP contribution is -2.59. The van der Waals surface area contributed by atoms with Gasteiger partial charge in [0.05, 0.1) is 16.7 Å². The zero-order valence-electron chi connectivity index (χ0n) is 13.9. The number of carbonyl (C=O) groups excluding carboxylic acids is 2. The highest BCUT2D eigenvalue weighted by Crippen LogP contribution is 2.53. The van der Waals surface area contributed by atoms with Gasteiger partial charge in [0.1, 0.15) is 10.7 Å². The highest BCUT2D eigenvalue weighted by molar-refractivity contribution is 8.15. The third kappa shape index (κ3) is 2.94. The highest BCUT2D eigenvalue weighted by atomic mass is 32.3. The zero-order valence-corrected chi connectivity index (χ0v) is 15.6. The third-order valence-electron chi connectivity index (χ3n) is 4.58. The lowest BCUT2D eigenvalue weighted by Gasteiger charge is -2.37. The minimum Gasteiger partial charge on any atom is -0.459 e. The van der Waals surface area contributed by atoms with Gasteiger partial charge in [0.2, 0.25) is 5.91 Å². The molecule has 0 aromatic heterocycles. The molecule has 2 aliphatic heterocycles. The van der Waals surface area contributed by atoms with E-state index in [1.807, 2.05) is 0 Å². The first kappa shape index (κ1) is 18.6. The predicted octanol–water partition coefficient (Wildman–Crippen LogP) is 1.07. The fourth-order valence-electron chi connectivity index (χ4n) is 2.96. The zero-order chi connectivity index (χ0) is 19.3. The smallest absolute Gasteiger partial charge is 0.331 e. The molecule has 9 nitrogen and oxygen atoms in total. The lowest BCUT2D eigenvalue weighted by atomic mass is 10.1. The minimum atomic E-state index is -3.65. The number of β-lactam (4-membered cyclic amide) rings is 1. The van der Waals surface area contributed by atoms with E-state index in [4.69, 9.17) is 4.74 Å². The third-order valence-corrected chi connectivity index (χ3v) is 8.83. The molecule has 0 saturated carbocycles. The Morgan fingerprint density at radius 3 is 2.54 bits per heavy atom. The Kier molecular flexibility index (Phi) is 4.47. The van der Waals surface area contributed by atoms with Crippen molar-refractivity contribution in [1.82, 2.24) is 4.90 Å². The topological polar surface area (TPSA) is 124 Å². The van der Waals surface area contributed by atoms with E-state index in [-0.39, 0.29) is 30.0 Å². The molecule has 140 valence electrons. The van der Waals surface area contributed by atoms with Crippen molar-refractivity contribution < 1.29 is 27.7 Å². The number of benzene rings is 1. The van der Waals surface area contributed by atoms with Crippen molar-refractivity contribution in [2.75, 3.05) is 6.26 Å². The summed E-state index contributed by atoms with van der Waals surface area (Å²) in [5.41, 5.74) is 0.424. The number of thioether (sulfide) groups is 1. The Hall–Kier alpha value is -2.14. The van der Waals surface area contributed by atoms with Crippen LogP contribution in [0.2, 0.25) is 0 Å². The van der Waals surface area contributed by atoms with Crippen molar-refractivity contribution in [1.29, 1.82) is 0 Å². The Morgan fingerprint density at radius 2 is 2.04 bits per heavy atom. The van der Waals surface area contributed by atoms with Gasteiger partial charge in [0.25, 0.3) is 5.69 Å². The SMILES string of the molecule is CC1(S(C)(=O)=O)S[C@@H]2CC(=O)N2[C@H]1C(=O)OCc1ccc([N+](=O)[O-])cc1. The Bertz CT molecular complexity index is 884. The fourth-order valence-corrected chi connectivity index (χ4v) is 6.07. The number of nitrogens with zero attached hydrogens (tertiary/aromatic N) is 2. The summed E-state index contributed by atoms with van der Waals surface area (Å²) in [4.78, 5) is 35.8. The summed E-state index contributed by atoms with van der Waals surface area (Å²) >= 11 is 1.08. The molecule has 0 radical (unpaired) electrons. The number of hydrogen-bond donors (Lipinski definition) is 0. The van der Waals surface area contributed by atoms with Crippen molar-refractivity contribution in [2.24, 2.45) is 0 Å². The molecular weight excluding hydrogens is 384 g/mol. The molecule has 1 aromatic rings. The van der Waals surface area contributed by atoms with Crippen LogP contribution in [0, 0.1) is 10.1 Å². The molecule has 1 aromatic carbocycles. The van der Waals surface area contributed by atoms with Crippen LogP contribution in [-0.2, 0) is 30.8 Å². The number of ether oxygens (including phenoxy) is 1. The second-order valence-electron chi connectivity index (χ2n) is 6.30. The molecule has 2 fully saturated rings. The molecule has 0 N–H and O–H groups in total. The van der Waals surface area contributed by atoms with Gasteiger partial charge in [0, 0.05) is 18.4 Å². The number of amides is 1. The number of esters is 1. The minimum absolute atomic E-state index is 0.0917. The molecule has 1 amide bonds. The van der Waals surface area contributed by atoms with Gasteiger partial charge in [-0.15, -0.1) is 11.8 Å². The monoisotopic (exact) mass is 400 g/mol. The maximum atomic E-state index is 12.6. The van der Waals surface area contributed by atoms with Gasteiger partial charge in [-0.25, -0.2) is 13.2 Å². The van der Waals surface area contributed by atoms with Crippen LogP contribution in [-0.4, -0.2) is 51.9 Å². The number of sulfone groups is 1. The molecule has 11 heteroatoms. The Balaban J connectivity index is 1.76. The molecular formula is C15H16N2O7S2. The molecule has 3 atom stereocenters. The number of fused-ring (bicyclic) bond motifs is 1. The van der Waals surface area contributed by atoms with Crippen molar-refractivity contribution in [3.8, 4) is 0 Å². The van der Waals surface area contributed by atoms with Gasteiger partial charge in [0.15, 0.2) is 15.9 Å². The standard InChI is InChI=1S/C15H16N2O7S2/c1-15(26(2,22)23)13(16-11(18)7-12(16)25-15)14(19)24-8-9-3-5-10(6-4-9)17(20)21/h3-6,12-13H,7-8H2,1-2H3/t12-,13+,15?/m1/s1. The summed E-state index contributed by atoms with van der Waals surface area (Å²) in [5, 5.41) is 10.3. The predicted molar refractivity (Wildman–Crippen MR) is 92.8 cm³/mol. The van der Waals surface area contributed by atoms with E-state index in [2.05, 4.69) is 0 Å². The summed E-state index contributed by atoms with van der Waals surface area (Å²) in [6, 6.07) is 4.24. The molecule has 3 rings (SSSR count). The van der Waals surface area contributed by atoms with Gasteiger partial charge >= 0.3 is 5.97 Å². The van der Waals surface area contributed by atoms with Gasteiger partial charge in [-0.3, -0.25) is 14.9 Å². The normalized spacial score (nSPS) is 27.6. The molecule has 0 aliphatic carbocycles. The van der Waals surface area contributed by atoms with Crippen LogP contribution < -0.4 is 0 Å². The van der Waals surface area contributed by atoms with E-state index in [0.717, 1.165) is 18.0 Å². The van der Waals surface area contributed by atoms with Crippen LogP contribution in [0.25, 0.3) is 0 Å². The van der Waals surface area contributed by atoms with Gasteiger partial charge < -0.3 is 9.64 Å². The van der Waals surface area contributed by atoms with Crippen molar-refractivity contribution in [2.45, 2.75) is 35.4 Å². The van der Waals surface area contributed by atoms with Crippen LogP contribution in [0.4, 0.5) is 5.69 Å². The molecule has 2 heterocycles. The number of rotatable bonds is 5. The van der Waals surface area contributed by atoms with Crippen molar-refractivity contribution in [3.05, 3.63) is 39.9 Å². The summed E-state index contributed by atoms with van der Waals surface area (Å²) < 4.78 is 28.2. The summed E-state index contributed by atoms with van der Waals surface area (Å²) in [5.74, 6) is -1.09. The number of nitro groups is 1. The number of non-ortho nitro benzene ring substituents is 1. The van der Waals surface area contributed by atoms with E-state index in [9.17, 15) is 28.1 Å². The van der Waals surface area contributed by atoms with Gasteiger partial charge in [-0.05, 0) is 24.6 Å². The highest BCUT2D eigenvalue weighted by Gasteiger charge is 2.65. The molecule has 26 heavy (non-hydrogen) atoms. The average Bonchev–Trinajstić information content (AvgIpc) is 2.81. The van der Waals surface area contributed by atoms with Crippen LogP contribution in [0.1, 0.15) is 18.9 Å². The molecule has 0 spiro atoms. The van der Waals surface area contributed by atoms with E-state index >= 15 is 0 Å². The first-order valence-corrected chi connectivity index (χ1v) is 10.4. The lowest BCUT2D eigenvalue weighted by molar-refractivity contribution is -0.384. The van der Waals surface area contributed by atoms with Crippen molar-refractivity contribution in [3.63, 3.8) is 0 Å². The summed E-state index contributed by atoms with van der Waals surface area (Å²) in [7, 11) is -3.65. The van der Waals surface area contributed by atoms with E-state index in [1.165, 1.54) is 36.1 Å². The van der Waals surface area contributed by atoms with Gasteiger partial charge in [-0.1, -0.05) is 0 Å². The number of hydrogen-bond acceptors (Lipinski definition) is 8. The number of carbonyl (C=O) groups is 2. The van der Waals surface area contributed by atoms with Crippen LogP contribution in [0.15, 0.2) is 24.3 Å². The Labute approximate surface area is 153 Å². The van der Waals surface area contributed by atoms with Crippen LogP contribution in [0.3, 0.4) is 0 Å². The molecule has 1 unspecified atom stereocenters. The first-order chi connectivity index (χ1) is 12.0. The molecule has 0 bridgehead atoms. The summed E-state index contributed by atoms with van der Waals surface area (Å²) in [6.45, 7) is 1.25. The van der Waals surface area contributed by atoms with Crippen molar-refractivity contribution >= 4 is 39.2 Å².